The maximum atomic E-state index is 11.5. The summed E-state index contributed by atoms with van der Waals surface area (Å²) < 4.78 is 5.08. The maximum Gasteiger partial charge on any atom is 0.407 e. The van der Waals surface area contributed by atoms with Crippen molar-refractivity contribution < 1.29 is 19.4 Å². The van der Waals surface area contributed by atoms with Crippen LogP contribution < -0.4 is 0 Å². The summed E-state index contributed by atoms with van der Waals surface area (Å²) >= 11 is 0. The lowest BCUT2D eigenvalue weighted by Gasteiger charge is -2.33. The molecule has 2 aliphatic heterocycles. The van der Waals surface area contributed by atoms with Crippen molar-refractivity contribution in [3.63, 3.8) is 0 Å². The topological polar surface area (TPSA) is 70.1 Å². The summed E-state index contributed by atoms with van der Waals surface area (Å²) in [7, 11) is 0. The van der Waals surface area contributed by atoms with Crippen LogP contribution in [-0.4, -0.2) is 59.7 Å². The molecule has 2 heterocycles. The molecular formula is C16H20N2O4. The minimum absolute atomic E-state index is 0.227. The van der Waals surface area contributed by atoms with Gasteiger partial charge < -0.3 is 14.7 Å². The van der Waals surface area contributed by atoms with E-state index in [-0.39, 0.29) is 5.97 Å². The van der Waals surface area contributed by atoms with Gasteiger partial charge in [-0.1, -0.05) is 6.07 Å². The molecule has 1 amide bonds. The Bertz CT molecular complexity index is 606. The minimum atomic E-state index is -0.834. The van der Waals surface area contributed by atoms with Gasteiger partial charge in [0, 0.05) is 38.3 Å². The zero-order valence-corrected chi connectivity index (χ0v) is 12.7. The van der Waals surface area contributed by atoms with Gasteiger partial charge in [0.05, 0.1) is 5.56 Å². The summed E-state index contributed by atoms with van der Waals surface area (Å²) in [4.78, 5) is 26.2. The van der Waals surface area contributed by atoms with E-state index in [1.807, 2.05) is 19.1 Å². The van der Waals surface area contributed by atoms with Gasteiger partial charge in [-0.2, -0.15) is 0 Å². The van der Waals surface area contributed by atoms with E-state index in [1.54, 1.807) is 0 Å². The number of carbonyl (C=O) groups is 2. The van der Waals surface area contributed by atoms with Crippen molar-refractivity contribution >= 4 is 12.1 Å². The lowest BCUT2D eigenvalue weighted by atomic mass is 9.96. The van der Waals surface area contributed by atoms with E-state index in [2.05, 4.69) is 4.90 Å². The van der Waals surface area contributed by atoms with Crippen LogP contribution in [0, 0.1) is 6.92 Å². The van der Waals surface area contributed by atoms with Crippen molar-refractivity contribution in [2.45, 2.75) is 20.0 Å². The van der Waals surface area contributed by atoms with Crippen LogP contribution in [0.4, 0.5) is 4.79 Å². The maximum absolute atomic E-state index is 11.5. The number of rotatable bonds is 3. The lowest BCUT2D eigenvalue weighted by molar-refractivity contribution is 0.0535. The standard InChI is InChI=1S/C16H20N2O4/c1-11-12(2-3-13-14(11)10-22-15(13)19)4-5-17-6-8-18(9-7-17)16(20)21/h2-3H,4-10H2,1H3,(H,20,21). The fraction of sp³-hybridized carbons (Fsp3) is 0.500. The summed E-state index contributed by atoms with van der Waals surface area (Å²) in [6.07, 6.45) is 0.0687. The van der Waals surface area contributed by atoms with E-state index >= 15 is 0 Å². The second kappa shape index (κ2) is 5.96. The number of nitrogens with zero attached hydrogens (tertiary/aromatic N) is 2. The summed E-state index contributed by atoms with van der Waals surface area (Å²) in [6, 6.07) is 3.86. The summed E-state index contributed by atoms with van der Waals surface area (Å²) in [5.41, 5.74) is 4.08. The van der Waals surface area contributed by atoms with Crippen molar-refractivity contribution in [3.8, 4) is 0 Å². The number of benzene rings is 1. The summed E-state index contributed by atoms with van der Waals surface area (Å²) in [6.45, 7) is 6.02. The predicted molar refractivity (Wildman–Crippen MR) is 80.0 cm³/mol. The molecule has 0 unspecified atom stereocenters. The Hall–Kier alpha value is -2.08. The molecule has 6 heteroatoms. The Morgan fingerprint density at radius 1 is 1.27 bits per heavy atom. The zero-order chi connectivity index (χ0) is 15.7. The molecule has 0 bridgehead atoms. The Morgan fingerprint density at radius 2 is 2.00 bits per heavy atom. The first kappa shape index (κ1) is 14.8. The number of esters is 1. The Balaban J connectivity index is 1.59. The van der Waals surface area contributed by atoms with Crippen LogP contribution in [0.2, 0.25) is 0 Å². The Morgan fingerprint density at radius 3 is 2.68 bits per heavy atom. The van der Waals surface area contributed by atoms with Gasteiger partial charge in [-0.3, -0.25) is 4.90 Å². The highest BCUT2D eigenvalue weighted by molar-refractivity contribution is 5.93. The van der Waals surface area contributed by atoms with E-state index in [9.17, 15) is 9.59 Å². The largest absolute Gasteiger partial charge is 0.465 e. The van der Waals surface area contributed by atoms with E-state index in [1.165, 1.54) is 10.5 Å². The molecule has 0 atom stereocenters. The van der Waals surface area contributed by atoms with Crippen molar-refractivity contribution in [2.24, 2.45) is 0 Å². The number of ether oxygens (including phenoxy) is 1. The number of carboxylic acid groups (broad SMARTS) is 1. The highest BCUT2D eigenvalue weighted by atomic mass is 16.5. The average molecular weight is 304 g/mol. The number of carbonyl (C=O) groups excluding carboxylic acids is 1. The number of hydrogen-bond donors (Lipinski definition) is 1. The highest BCUT2D eigenvalue weighted by Crippen LogP contribution is 2.26. The van der Waals surface area contributed by atoms with Gasteiger partial charge in [0.1, 0.15) is 6.61 Å². The third-order valence-electron chi connectivity index (χ3n) is 4.62. The molecule has 22 heavy (non-hydrogen) atoms. The van der Waals surface area contributed by atoms with Crippen molar-refractivity contribution in [2.75, 3.05) is 32.7 Å². The zero-order valence-electron chi connectivity index (χ0n) is 12.7. The van der Waals surface area contributed by atoms with Crippen LogP contribution in [-0.2, 0) is 17.8 Å². The van der Waals surface area contributed by atoms with Crippen LogP contribution in [0.5, 0.6) is 0 Å². The van der Waals surface area contributed by atoms with Crippen LogP contribution >= 0.6 is 0 Å². The van der Waals surface area contributed by atoms with E-state index < -0.39 is 6.09 Å². The van der Waals surface area contributed by atoms with Gasteiger partial charge in [0.15, 0.2) is 0 Å². The normalized spacial score (nSPS) is 18.2. The van der Waals surface area contributed by atoms with E-state index in [0.717, 1.165) is 37.2 Å². The monoisotopic (exact) mass is 304 g/mol. The molecule has 118 valence electrons. The number of amides is 1. The first-order valence-corrected chi connectivity index (χ1v) is 7.55. The number of hydrogen-bond acceptors (Lipinski definition) is 4. The second-order valence-electron chi connectivity index (χ2n) is 5.81. The van der Waals surface area contributed by atoms with Gasteiger partial charge in [-0.15, -0.1) is 0 Å². The molecule has 3 rings (SSSR count). The highest BCUT2D eigenvalue weighted by Gasteiger charge is 2.24. The number of fused-ring (bicyclic) bond motifs is 1. The number of cyclic esters (lactones) is 1. The third-order valence-corrected chi connectivity index (χ3v) is 4.62. The van der Waals surface area contributed by atoms with Crippen LogP contribution in [0.1, 0.15) is 27.0 Å². The molecule has 0 spiro atoms. The van der Waals surface area contributed by atoms with Gasteiger partial charge in [-0.25, -0.2) is 9.59 Å². The molecule has 1 aromatic carbocycles. The molecule has 0 aliphatic carbocycles. The molecular weight excluding hydrogens is 284 g/mol. The van der Waals surface area contributed by atoms with E-state index in [0.29, 0.717) is 25.3 Å². The quantitative estimate of drug-likeness (QED) is 0.857. The molecule has 1 fully saturated rings. The molecule has 0 aromatic heterocycles. The first-order chi connectivity index (χ1) is 10.6. The smallest absolute Gasteiger partial charge is 0.407 e. The van der Waals surface area contributed by atoms with Crippen LogP contribution in [0.15, 0.2) is 12.1 Å². The van der Waals surface area contributed by atoms with Gasteiger partial charge in [0.25, 0.3) is 0 Å². The van der Waals surface area contributed by atoms with Crippen molar-refractivity contribution in [1.82, 2.24) is 9.80 Å². The molecule has 1 saturated heterocycles. The van der Waals surface area contributed by atoms with Crippen LogP contribution in [0.3, 0.4) is 0 Å². The van der Waals surface area contributed by atoms with Gasteiger partial charge >= 0.3 is 12.1 Å². The fourth-order valence-corrected chi connectivity index (χ4v) is 3.11. The van der Waals surface area contributed by atoms with Gasteiger partial charge in [-0.05, 0) is 30.5 Å². The molecule has 0 saturated carbocycles. The third kappa shape index (κ3) is 2.78. The SMILES string of the molecule is Cc1c(CCN2CCN(C(=O)O)CC2)ccc2c1COC2=O. The summed E-state index contributed by atoms with van der Waals surface area (Å²) in [5.74, 6) is -0.227. The fourth-order valence-electron chi connectivity index (χ4n) is 3.11. The first-order valence-electron chi connectivity index (χ1n) is 7.55. The molecule has 0 radical (unpaired) electrons. The Kier molecular flexibility index (Phi) is 4.02. The lowest BCUT2D eigenvalue weighted by Crippen LogP contribution is -2.48. The average Bonchev–Trinajstić information content (AvgIpc) is 2.89. The van der Waals surface area contributed by atoms with Crippen LogP contribution in [0.25, 0.3) is 0 Å². The molecule has 2 aliphatic rings. The predicted octanol–water partition coefficient (Wildman–Crippen LogP) is 1.50. The van der Waals surface area contributed by atoms with Crippen molar-refractivity contribution in [1.29, 1.82) is 0 Å². The summed E-state index contributed by atoms with van der Waals surface area (Å²) in [5, 5.41) is 8.95. The van der Waals surface area contributed by atoms with E-state index in [4.69, 9.17) is 9.84 Å². The molecule has 1 aromatic rings. The second-order valence-corrected chi connectivity index (χ2v) is 5.81. The number of piperazine rings is 1. The minimum Gasteiger partial charge on any atom is -0.465 e. The van der Waals surface area contributed by atoms with Gasteiger partial charge in [0.2, 0.25) is 0 Å². The molecule has 1 N–H and O–H groups in total. The molecule has 6 nitrogen and oxygen atoms in total. The Labute approximate surface area is 129 Å². The van der Waals surface area contributed by atoms with Crippen molar-refractivity contribution in [3.05, 3.63) is 34.4 Å².